The highest BCUT2D eigenvalue weighted by molar-refractivity contribution is 5.64. The molecule has 0 unspecified atom stereocenters. The molecule has 20 heavy (non-hydrogen) atoms. The Morgan fingerprint density at radius 1 is 1.35 bits per heavy atom. The topological polar surface area (TPSA) is 73.6 Å². The highest BCUT2D eigenvalue weighted by Gasteiger charge is 2.13. The normalized spacial score (nSPS) is 10.6. The fourth-order valence-corrected chi connectivity index (χ4v) is 1.62. The van der Waals surface area contributed by atoms with Crippen LogP contribution in [-0.4, -0.2) is 31.8 Å². The Morgan fingerprint density at radius 3 is 2.70 bits per heavy atom. The summed E-state index contributed by atoms with van der Waals surface area (Å²) in [6, 6.07) is 4.62. The molecule has 0 aliphatic heterocycles. The standard InChI is InChI=1S/C14H22N2O4/c1-11(2)6-8-20-9-7-15-13-10-12(19-3)4-5-14(13)16(17)18/h4-5,10-11,15H,6-9H2,1-3H3. The van der Waals surface area contributed by atoms with Crippen molar-refractivity contribution in [2.45, 2.75) is 20.3 Å². The van der Waals surface area contributed by atoms with Crippen molar-refractivity contribution in [2.24, 2.45) is 5.92 Å². The first-order valence-electron chi connectivity index (χ1n) is 6.68. The van der Waals surface area contributed by atoms with Gasteiger partial charge >= 0.3 is 0 Å². The zero-order chi connectivity index (χ0) is 15.0. The minimum Gasteiger partial charge on any atom is -0.497 e. The quantitative estimate of drug-likeness (QED) is 0.428. The number of benzene rings is 1. The first-order chi connectivity index (χ1) is 9.54. The predicted octanol–water partition coefficient (Wildman–Crippen LogP) is 3.08. The SMILES string of the molecule is COc1ccc([N+](=O)[O-])c(NCCOCCC(C)C)c1. The van der Waals surface area contributed by atoms with E-state index in [9.17, 15) is 10.1 Å². The number of hydrogen-bond donors (Lipinski definition) is 1. The summed E-state index contributed by atoms with van der Waals surface area (Å²) in [5.74, 6) is 1.20. The number of hydrogen-bond acceptors (Lipinski definition) is 5. The Morgan fingerprint density at radius 2 is 2.10 bits per heavy atom. The molecule has 1 aromatic carbocycles. The van der Waals surface area contributed by atoms with E-state index in [1.807, 2.05) is 0 Å². The molecule has 1 aromatic rings. The Kier molecular flexibility index (Phi) is 6.79. The average Bonchev–Trinajstić information content (AvgIpc) is 2.41. The van der Waals surface area contributed by atoms with Crippen molar-refractivity contribution in [1.82, 2.24) is 0 Å². The van der Waals surface area contributed by atoms with Crippen LogP contribution < -0.4 is 10.1 Å². The molecule has 0 amide bonds. The van der Waals surface area contributed by atoms with Crippen LogP contribution in [0.5, 0.6) is 5.75 Å². The van der Waals surface area contributed by atoms with Gasteiger partial charge in [0, 0.05) is 25.3 Å². The third-order valence-electron chi connectivity index (χ3n) is 2.80. The molecule has 6 nitrogen and oxygen atoms in total. The number of ether oxygens (including phenoxy) is 2. The van der Waals surface area contributed by atoms with Gasteiger partial charge in [-0.15, -0.1) is 0 Å². The van der Waals surface area contributed by atoms with Gasteiger partial charge in [-0.25, -0.2) is 0 Å². The predicted molar refractivity (Wildman–Crippen MR) is 78.4 cm³/mol. The molecule has 1 N–H and O–H groups in total. The van der Waals surface area contributed by atoms with E-state index >= 15 is 0 Å². The van der Waals surface area contributed by atoms with Gasteiger partial charge < -0.3 is 14.8 Å². The minimum atomic E-state index is -0.415. The summed E-state index contributed by atoms with van der Waals surface area (Å²) in [4.78, 5) is 10.5. The number of nitro groups is 1. The minimum absolute atomic E-state index is 0.0352. The maximum atomic E-state index is 10.9. The van der Waals surface area contributed by atoms with Gasteiger partial charge in [0.05, 0.1) is 18.6 Å². The number of nitro benzene ring substituents is 1. The van der Waals surface area contributed by atoms with Crippen LogP contribution >= 0.6 is 0 Å². The van der Waals surface area contributed by atoms with E-state index in [4.69, 9.17) is 9.47 Å². The molecule has 1 rings (SSSR count). The summed E-state index contributed by atoms with van der Waals surface area (Å²) in [6.07, 6.45) is 1.01. The van der Waals surface area contributed by atoms with Crippen molar-refractivity contribution in [1.29, 1.82) is 0 Å². The lowest BCUT2D eigenvalue weighted by Crippen LogP contribution is -2.12. The van der Waals surface area contributed by atoms with E-state index in [-0.39, 0.29) is 5.69 Å². The van der Waals surface area contributed by atoms with Crippen LogP contribution in [0.15, 0.2) is 18.2 Å². The Labute approximate surface area is 119 Å². The number of nitrogens with zero attached hydrogens (tertiary/aromatic N) is 1. The second kappa shape index (κ2) is 8.37. The molecule has 0 heterocycles. The maximum absolute atomic E-state index is 10.9. The second-order valence-corrected chi connectivity index (χ2v) is 4.86. The molecule has 112 valence electrons. The molecule has 0 aliphatic carbocycles. The Hall–Kier alpha value is -1.82. The van der Waals surface area contributed by atoms with Gasteiger partial charge in [0.15, 0.2) is 0 Å². The van der Waals surface area contributed by atoms with Crippen molar-refractivity contribution < 1.29 is 14.4 Å². The Bertz CT molecular complexity index is 435. The molecule has 6 heteroatoms. The van der Waals surface area contributed by atoms with E-state index in [0.717, 1.165) is 6.42 Å². The van der Waals surface area contributed by atoms with Gasteiger partial charge in [0.2, 0.25) is 0 Å². The molecule has 0 spiro atoms. The van der Waals surface area contributed by atoms with Gasteiger partial charge in [-0.3, -0.25) is 10.1 Å². The fourth-order valence-electron chi connectivity index (χ4n) is 1.62. The van der Waals surface area contributed by atoms with Crippen LogP contribution in [0.2, 0.25) is 0 Å². The largest absolute Gasteiger partial charge is 0.497 e. The molecule has 0 aromatic heterocycles. The summed E-state index contributed by atoms with van der Waals surface area (Å²) in [5.41, 5.74) is 0.481. The van der Waals surface area contributed by atoms with E-state index in [1.54, 1.807) is 12.1 Å². The van der Waals surface area contributed by atoms with Crippen LogP contribution in [0.1, 0.15) is 20.3 Å². The van der Waals surface area contributed by atoms with E-state index in [2.05, 4.69) is 19.2 Å². The highest BCUT2D eigenvalue weighted by atomic mass is 16.6. The summed E-state index contributed by atoms with van der Waals surface area (Å²) >= 11 is 0. The van der Waals surface area contributed by atoms with Crippen LogP contribution in [-0.2, 0) is 4.74 Å². The highest BCUT2D eigenvalue weighted by Crippen LogP contribution is 2.28. The van der Waals surface area contributed by atoms with Crippen molar-refractivity contribution >= 4 is 11.4 Å². The summed E-state index contributed by atoms with van der Waals surface area (Å²) in [6.45, 7) is 6.02. The van der Waals surface area contributed by atoms with Gasteiger partial charge in [-0.2, -0.15) is 0 Å². The molecule has 0 atom stereocenters. The van der Waals surface area contributed by atoms with E-state index in [1.165, 1.54) is 13.2 Å². The van der Waals surface area contributed by atoms with Crippen molar-refractivity contribution in [3.63, 3.8) is 0 Å². The number of rotatable bonds is 9. The second-order valence-electron chi connectivity index (χ2n) is 4.86. The molecule has 0 saturated carbocycles. The van der Waals surface area contributed by atoms with Gasteiger partial charge in [-0.1, -0.05) is 13.8 Å². The third-order valence-corrected chi connectivity index (χ3v) is 2.80. The zero-order valence-corrected chi connectivity index (χ0v) is 12.2. The average molecular weight is 282 g/mol. The molecule has 0 aliphatic rings. The molecular weight excluding hydrogens is 260 g/mol. The maximum Gasteiger partial charge on any atom is 0.292 e. The molecule has 0 fully saturated rings. The molecule has 0 saturated heterocycles. The van der Waals surface area contributed by atoms with Crippen LogP contribution in [0.25, 0.3) is 0 Å². The van der Waals surface area contributed by atoms with Gasteiger partial charge in [0.1, 0.15) is 11.4 Å². The monoisotopic (exact) mass is 282 g/mol. The summed E-state index contributed by atoms with van der Waals surface area (Å²) in [7, 11) is 1.53. The van der Waals surface area contributed by atoms with Crippen LogP contribution in [0.4, 0.5) is 11.4 Å². The lowest BCUT2D eigenvalue weighted by atomic mass is 10.1. The lowest BCUT2D eigenvalue weighted by molar-refractivity contribution is -0.384. The smallest absolute Gasteiger partial charge is 0.292 e. The first kappa shape index (κ1) is 16.2. The van der Waals surface area contributed by atoms with Crippen LogP contribution in [0.3, 0.4) is 0 Å². The van der Waals surface area contributed by atoms with Crippen molar-refractivity contribution in [3.05, 3.63) is 28.3 Å². The molecule has 0 bridgehead atoms. The molecule has 0 radical (unpaired) electrons. The van der Waals surface area contributed by atoms with Crippen LogP contribution in [0, 0.1) is 16.0 Å². The first-order valence-corrected chi connectivity index (χ1v) is 6.68. The fraction of sp³-hybridized carbons (Fsp3) is 0.571. The third kappa shape index (κ3) is 5.44. The number of methoxy groups -OCH3 is 1. The van der Waals surface area contributed by atoms with Crippen molar-refractivity contribution in [3.8, 4) is 5.75 Å². The summed E-state index contributed by atoms with van der Waals surface area (Å²) in [5, 5.41) is 13.9. The van der Waals surface area contributed by atoms with Gasteiger partial charge in [0.25, 0.3) is 5.69 Å². The number of anilines is 1. The van der Waals surface area contributed by atoms with Gasteiger partial charge in [-0.05, 0) is 18.4 Å². The summed E-state index contributed by atoms with van der Waals surface area (Å²) < 4.78 is 10.5. The Balaban J connectivity index is 2.47. The number of nitrogens with one attached hydrogen (secondary N) is 1. The lowest BCUT2D eigenvalue weighted by Gasteiger charge is -2.10. The zero-order valence-electron chi connectivity index (χ0n) is 12.2. The van der Waals surface area contributed by atoms with E-state index < -0.39 is 4.92 Å². The molecular formula is C14H22N2O4. The van der Waals surface area contributed by atoms with E-state index in [0.29, 0.717) is 37.1 Å². The van der Waals surface area contributed by atoms with Crippen molar-refractivity contribution in [2.75, 3.05) is 32.2 Å².